The van der Waals surface area contributed by atoms with Crippen molar-refractivity contribution < 1.29 is 9.90 Å². The number of carbonyl (C=O) groups is 1. The fourth-order valence-corrected chi connectivity index (χ4v) is 8.98. The zero-order chi connectivity index (χ0) is 19.0. The fraction of sp³-hybridized carbons (Fsp3) is 0.800. The van der Waals surface area contributed by atoms with Gasteiger partial charge in [0, 0.05) is 5.41 Å². The average Bonchev–Trinajstić information content (AvgIpc) is 2.92. The van der Waals surface area contributed by atoms with Crippen molar-refractivity contribution in [3.05, 3.63) is 23.8 Å². The molecule has 0 saturated heterocycles. The molecule has 0 aromatic rings. The lowest BCUT2D eigenvalue weighted by molar-refractivity contribution is -0.144. The quantitative estimate of drug-likeness (QED) is 0.624. The minimum absolute atomic E-state index is 0.106. The summed E-state index contributed by atoms with van der Waals surface area (Å²) in [4.78, 5) is 13.1. The van der Waals surface area contributed by atoms with Crippen LogP contribution in [-0.4, -0.2) is 17.0 Å². The van der Waals surface area contributed by atoms with Crippen LogP contribution in [0.3, 0.4) is 0 Å². The number of allylic oxidation sites excluding steroid dienone is 3. The van der Waals surface area contributed by atoms with Crippen molar-refractivity contribution in [2.24, 2.45) is 39.9 Å². The Morgan fingerprint density at radius 1 is 1.11 bits per heavy atom. The van der Waals surface area contributed by atoms with Crippen LogP contribution in [0.5, 0.6) is 0 Å². The summed E-state index contributed by atoms with van der Waals surface area (Å²) in [5, 5.41) is 10.2. The van der Waals surface area contributed by atoms with E-state index in [1.165, 1.54) is 25.7 Å². The normalized spacial score (nSPS) is 53.6. The minimum Gasteiger partial charge on any atom is -0.393 e. The number of aliphatic hydroxyl groups excluding tert-OH is 1. The molecular formula is C25H36O2. The molecule has 2 heteroatoms. The van der Waals surface area contributed by atoms with Gasteiger partial charge in [0.15, 0.2) is 0 Å². The molecule has 5 rings (SSSR count). The molecule has 0 amide bonds. The van der Waals surface area contributed by atoms with Crippen molar-refractivity contribution in [3.8, 4) is 0 Å². The van der Waals surface area contributed by atoms with Gasteiger partial charge in [-0.25, -0.2) is 0 Å². The standard InChI is InChI=1S/C25H36O2/c1-16(26)25-11-5-4-6-18(25)15-22-20-8-7-17-14-19(27)9-12-23(17,2)21(20)10-13-24(22,25)3/h4-5,7,18-22,27H,6,8-15H2,1-3H3/t18-,19+,20-,21-,22-,23+,24+,25-/m1/s1. The molecule has 0 aliphatic heterocycles. The van der Waals surface area contributed by atoms with Crippen LogP contribution >= 0.6 is 0 Å². The molecule has 5 aliphatic carbocycles. The summed E-state index contributed by atoms with van der Waals surface area (Å²) < 4.78 is 0. The van der Waals surface area contributed by atoms with Crippen molar-refractivity contribution in [2.75, 3.05) is 0 Å². The van der Waals surface area contributed by atoms with Gasteiger partial charge in [0.2, 0.25) is 0 Å². The number of hydrogen-bond donors (Lipinski definition) is 1. The number of rotatable bonds is 1. The van der Waals surface area contributed by atoms with Crippen LogP contribution in [-0.2, 0) is 4.79 Å². The highest BCUT2D eigenvalue weighted by Crippen LogP contribution is 2.73. The van der Waals surface area contributed by atoms with Gasteiger partial charge in [0.25, 0.3) is 0 Å². The monoisotopic (exact) mass is 368 g/mol. The van der Waals surface area contributed by atoms with E-state index in [9.17, 15) is 9.90 Å². The van der Waals surface area contributed by atoms with Crippen molar-refractivity contribution >= 4 is 5.78 Å². The second kappa shape index (κ2) is 5.81. The van der Waals surface area contributed by atoms with Crippen molar-refractivity contribution in [1.29, 1.82) is 0 Å². The molecule has 148 valence electrons. The maximum Gasteiger partial charge on any atom is 0.137 e. The smallest absolute Gasteiger partial charge is 0.137 e. The highest BCUT2D eigenvalue weighted by molar-refractivity contribution is 5.85. The molecule has 0 aromatic heterocycles. The molecule has 0 aromatic carbocycles. The first kappa shape index (κ1) is 18.2. The number of fused-ring (bicyclic) bond motifs is 7. The molecule has 0 spiro atoms. The zero-order valence-electron chi connectivity index (χ0n) is 17.3. The Morgan fingerprint density at radius 2 is 1.93 bits per heavy atom. The second-order valence-corrected chi connectivity index (χ2v) is 11.0. The van der Waals surface area contributed by atoms with Gasteiger partial charge in [-0.3, -0.25) is 4.79 Å². The molecule has 0 radical (unpaired) electrons. The number of carbonyl (C=O) groups excluding carboxylic acids is 1. The Labute approximate surface area is 164 Å². The van der Waals surface area contributed by atoms with Crippen LogP contribution in [0, 0.1) is 39.9 Å². The van der Waals surface area contributed by atoms with Crippen LogP contribution < -0.4 is 0 Å². The van der Waals surface area contributed by atoms with Crippen LogP contribution in [0.1, 0.15) is 78.6 Å². The number of hydrogen-bond acceptors (Lipinski definition) is 2. The molecule has 3 saturated carbocycles. The maximum absolute atomic E-state index is 13.1. The summed E-state index contributed by atoms with van der Waals surface area (Å²) in [6.45, 7) is 6.86. The Bertz CT molecular complexity index is 720. The SMILES string of the molecule is CC(=O)[C@]12CC=CC[C@@H]1C[C@@H]1[C@@H]3CC=C4C[C@@H](O)CC[C@]4(C)[C@@H]3CC[C@@]12C. The van der Waals surface area contributed by atoms with Gasteiger partial charge >= 0.3 is 0 Å². The molecule has 0 heterocycles. The Kier molecular flexibility index (Phi) is 3.91. The molecule has 0 unspecified atom stereocenters. The van der Waals surface area contributed by atoms with E-state index in [2.05, 4.69) is 32.1 Å². The number of aliphatic hydroxyl groups is 1. The van der Waals surface area contributed by atoms with Gasteiger partial charge < -0.3 is 5.11 Å². The highest BCUT2D eigenvalue weighted by atomic mass is 16.3. The first-order valence-corrected chi connectivity index (χ1v) is 11.4. The van der Waals surface area contributed by atoms with Gasteiger partial charge in [0.1, 0.15) is 5.78 Å². The van der Waals surface area contributed by atoms with Crippen molar-refractivity contribution in [3.63, 3.8) is 0 Å². The average molecular weight is 369 g/mol. The molecule has 27 heavy (non-hydrogen) atoms. The van der Waals surface area contributed by atoms with E-state index < -0.39 is 0 Å². The predicted molar refractivity (Wildman–Crippen MR) is 108 cm³/mol. The number of Topliss-reactive ketones (excluding diaryl/α,β-unsaturated/α-hetero) is 1. The van der Waals surface area contributed by atoms with Crippen LogP contribution in [0.4, 0.5) is 0 Å². The molecule has 2 nitrogen and oxygen atoms in total. The maximum atomic E-state index is 13.1. The van der Waals surface area contributed by atoms with E-state index in [4.69, 9.17) is 0 Å². The first-order chi connectivity index (χ1) is 12.8. The molecule has 0 bridgehead atoms. The van der Waals surface area contributed by atoms with Crippen LogP contribution in [0.15, 0.2) is 23.8 Å². The van der Waals surface area contributed by atoms with Gasteiger partial charge in [-0.15, -0.1) is 0 Å². The summed E-state index contributed by atoms with van der Waals surface area (Å²) in [5.41, 5.74) is 1.90. The Hall–Kier alpha value is -0.890. The van der Waals surface area contributed by atoms with Crippen molar-refractivity contribution in [2.45, 2.75) is 84.7 Å². The molecule has 3 fully saturated rings. The fourth-order valence-electron chi connectivity index (χ4n) is 8.98. The van der Waals surface area contributed by atoms with Gasteiger partial charge in [-0.1, -0.05) is 37.6 Å². The third-order valence-electron chi connectivity index (χ3n) is 10.4. The van der Waals surface area contributed by atoms with E-state index in [1.807, 2.05) is 6.92 Å². The molecular weight excluding hydrogens is 332 g/mol. The van der Waals surface area contributed by atoms with E-state index in [-0.39, 0.29) is 16.9 Å². The third kappa shape index (κ3) is 2.14. The summed E-state index contributed by atoms with van der Waals surface area (Å²) in [6.07, 6.45) is 17.0. The molecule has 1 N–H and O–H groups in total. The van der Waals surface area contributed by atoms with Crippen LogP contribution in [0.2, 0.25) is 0 Å². The summed E-state index contributed by atoms with van der Waals surface area (Å²) in [7, 11) is 0. The zero-order valence-corrected chi connectivity index (χ0v) is 17.3. The lowest BCUT2D eigenvalue weighted by Gasteiger charge is -2.60. The summed E-state index contributed by atoms with van der Waals surface area (Å²) >= 11 is 0. The summed E-state index contributed by atoms with van der Waals surface area (Å²) in [6, 6.07) is 0. The third-order valence-corrected chi connectivity index (χ3v) is 10.4. The van der Waals surface area contributed by atoms with E-state index in [0.717, 1.165) is 43.9 Å². The van der Waals surface area contributed by atoms with E-state index in [1.54, 1.807) is 5.57 Å². The lowest BCUT2D eigenvalue weighted by atomic mass is 9.44. The lowest BCUT2D eigenvalue weighted by Crippen LogP contribution is -2.54. The molecule has 8 atom stereocenters. The van der Waals surface area contributed by atoms with Crippen molar-refractivity contribution in [1.82, 2.24) is 0 Å². The predicted octanol–water partition coefficient (Wildman–Crippen LogP) is 5.46. The van der Waals surface area contributed by atoms with Crippen LogP contribution in [0.25, 0.3) is 0 Å². The van der Waals surface area contributed by atoms with Gasteiger partial charge in [-0.2, -0.15) is 0 Å². The highest BCUT2D eigenvalue weighted by Gasteiger charge is 2.68. The summed E-state index contributed by atoms with van der Waals surface area (Å²) in [5.74, 6) is 3.18. The van der Waals surface area contributed by atoms with Gasteiger partial charge in [0.05, 0.1) is 6.10 Å². The largest absolute Gasteiger partial charge is 0.393 e. The van der Waals surface area contributed by atoms with E-state index in [0.29, 0.717) is 23.0 Å². The Morgan fingerprint density at radius 3 is 2.70 bits per heavy atom. The Balaban J connectivity index is 1.54. The number of ketones is 1. The second-order valence-electron chi connectivity index (χ2n) is 11.0. The first-order valence-electron chi connectivity index (χ1n) is 11.4. The minimum atomic E-state index is -0.129. The topological polar surface area (TPSA) is 37.3 Å². The van der Waals surface area contributed by atoms with E-state index >= 15 is 0 Å². The molecule has 5 aliphatic rings. The van der Waals surface area contributed by atoms with Gasteiger partial charge in [-0.05, 0) is 99.2 Å².